The molecule has 0 aromatic carbocycles. The zero-order valence-corrected chi connectivity index (χ0v) is 38.9. The highest BCUT2D eigenvalue weighted by Gasteiger charge is 2.34. The molecular formula is C42H69N11O8. The van der Waals surface area contributed by atoms with Crippen LogP contribution in [0.1, 0.15) is 135 Å². The molecule has 1 fully saturated rings. The minimum atomic E-state index is -0.297. The van der Waals surface area contributed by atoms with Gasteiger partial charge in [-0.15, -0.1) is 0 Å². The number of rotatable bonds is 1. The van der Waals surface area contributed by atoms with Crippen molar-refractivity contribution in [3.05, 3.63) is 80.6 Å². The Labute approximate surface area is 357 Å². The summed E-state index contributed by atoms with van der Waals surface area (Å²) in [6.45, 7) is 34.0. The fourth-order valence-electron chi connectivity index (χ4n) is 4.83. The fraction of sp³-hybridized carbons (Fsp3) is 0.571. The van der Waals surface area contributed by atoms with E-state index >= 15 is 0 Å². The molecule has 0 aliphatic carbocycles. The van der Waals surface area contributed by atoms with Crippen LogP contribution < -0.4 is 21.9 Å². The highest BCUT2D eigenvalue weighted by molar-refractivity contribution is 6.16. The molecule has 0 saturated carbocycles. The lowest BCUT2D eigenvalue weighted by Gasteiger charge is -2.29. The Hall–Kier alpha value is -6.14. The number of aromatic nitrogens is 8. The second-order valence-corrected chi connectivity index (χ2v) is 19.7. The number of nitrogens with zero attached hydrogens (tertiary/aromatic N) is 4. The Morgan fingerprint density at radius 2 is 1.33 bits per heavy atom. The zero-order valence-electron chi connectivity index (χ0n) is 38.9. The van der Waals surface area contributed by atoms with Crippen LogP contribution in [0.15, 0.2) is 52.1 Å². The molecule has 61 heavy (non-hydrogen) atoms. The van der Waals surface area contributed by atoms with E-state index in [9.17, 15) is 33.9 Å². The maximum atomic E-state index is 11.0. The molecule has 9 N–H and O–H groups in total. The number of imidazole rings is 2. The van der Waals surface area contributed by atoms with Crippen LogP contribution in [0.2, 0.25) is 0 Å². The molecule has 5 amide bonds. The number of hydrogen-bond acceptors (Lipinski definition) is 10. The summed E-state index contributed by atoms with van der Waals surface area (Å²) in [6, 6.07) is 1.23. The number of H-pyrrole nitrogens is 5. The summed E-state index contributed by atoms with van der Waals surface area (Å²) in [5.41, 5.74) is 1.79. The summed E-state index contributed by atoms with van der Waals surface area (Å²) >= 11 is 0. The first-order chi connectivity index (χ1) is 27.5. The van der Waals surface area contributed by atoms with E-state index in [-0.39, 0.29) is 86.4 Å². The summed E-state index contributed by atoms with van der Waals surface area (Å²) in [5.74, 6) is 0.549. The van der Waals surface area contributed by atoms with Crippen LogP contribution in [0.4, 0.5) is 4.79 Å². The van der Waals surface area contributed by atoms with E-state index in [4.69, 9.17) is 5.11 Å². The molecule has 0 bridgehead atoms. The summed E-state index contributed by atoms with van der Waals surface area (Å²) < 4.78 is 1.79. The molecule has 19 nitrogen and oxygen atoms in total. The van der Waals surface area contributed by atoms with Gasteiger partial charge in [-0.2, -0.15) is 5.10 Å². The Morgan fingerprint density at radius 1 is 0.738 bits per heavy atom. The smallest absolute Gasteiger partial charge is 0.325 e. The van der Waals surface area contributed by atoms with Crippen LogP contribution in [-0.2, 0) is 36.2 Å². The molecule has 4 aromatic rings. The van der Waals surface area contributed by atoms with Crippen molar-refractivity contribution < 1.29 is 29.4 Å². The van der Waals surface area contributed by atoms with Gasteiger partial charge in [0.1, 0.15) is 12.4 Å². The van der Waals surface area contributed by atoms with E-state index < -0.39 is 0 Å². The lowest BCUT2D eigenvalue weighted by atomic mass is 9.92. The second-order valence-electron chi connectivity index (χ2n) is 19.7. The number of carbonyl (C=O) groups excluding carboxylic acids is 4. The van der Waals surface area contributed by atoms with Crippen molar-refractivity contribution in [2.75, 3.05) is 6.54 Å². The summed E-state index contributed by atoms with van der Waals surface area (Å²) in [6.07, 6.45) is 7.65. The van der Waals surface area contributed by atoms with Gasteiger partial charge >= 0.3 is 11.7 Å². The van der Waals surface area contributed by atoms with Gasteiger partial charge in [-0.3, -0.25) is 44.7 Å². The molecule has 0 spiro atoms. The van der Waals surface area contributed by atoms with E-state index in [1.165, 1.54) is 29.4 Å². The number of aromatic hydroxyl groups is 2. The summed E-state index contributed by atoms with van der Waals surface area (Å²) in [7, 11) is 0. The molecular weight excluding hydrogens is 787 g/mol. The predicted molar refractivity (Wildman–Crippen MR) is 234 cm³/mol. The van der Waals surface area contributed by atoms with Crippen LogP contribution in [0.3, 0.4) is 0 Å². The van der Waals surface area contributed by atoms with Crippen LogP contribution in [0, 0.1) is 5.92 Å². The number of hydrogen-bond donors (Lipinski definition) is 9. The van der Waals surface area contributed by atoms with Gasteiger partial charge < -0.3 is 30.1 Å². The highest BCUT2D eigenvalue weighted by Crippen LogP contribution is 2.27. The van der Waals surface area contributed by atoms with E-state index in [0.717, 1.165) is 17.2 Å². The van der Waals surface area contributed by atoms with E-state index in [1.54, 1.807) is 17.1 Å². The average molecular weight is 856 g/mol. The Balaban J connectivity index is 0.000000366. The molecule has 0 atom stereocenters. The lowest BCUT2D eigenvalue weighted by molar-refractivity contribution is -0.124. The minimum Gasteiger partial charge on any atom is -0.504 e. The third kappa shape index (κ3) is 18.3. The summed E-state index contributed by atoms with van der Waals surface area (Å²) in [5, 5.41) is 31.6. The molecule has 4 aromatic heterocycles. The Morgan fingerprint density at radius 3 is 1.52 bits per heavy atom. The lowest BCUT2D eigenvalue weighted by Crippen LogP contribution is -2.43. The van der Waals surface area contributed by atoms with Gasteiger partial charge in [0, 0.05) is 57.6 Å². The van der Waals surface area contributed by atoms with Gasteiger partial charge in [-0.05, 0) is 47.5 Å². The van der Waals surface area contributed by atoms with E-state index in [1.807, 2.05) is 118 Å². The average Bonchev–Trinajstić information content (AvgIpc) is 3.93. The topological polar surface area (TPSA) is 280 Å². The van der Waals surface area contributed by atoms with Crippen LogP contribution in [-0.4, -0.2) is 90.9 Å². The molecule has 6 rings (SSSR count). The first-order valence-electron chi connectivity index (χ1n) is 19.8. The largest absolute Gasteiger partial charge is 0.504 e. The number of imide groups is 2. The molecule has 19 heteroatoms. The van der Waals surface area contributed by atoms with Gasteiger partial charge in [0.15, 0.2) is 5.75 Å². The van der Waals surface area contributed by atoms with Gasteiger partial charge in [-0.1, -0.05) is 76.2 Å². The first-order valence-corrected chi connectivity index (χ1v) is 19.8. The quantitative estimate of drug-likeness (QED) is 0.0878. The van der Waals surface area contributed by atoms with Crippen LogP contribution in [0.5, 0.6) is 11.6 Å². The Kier molecular flexibility index (Phi) is 18.1. The molecule has 0 unspecified atom stereocenters. The van der Waals surface area contributed by atoms with Crippen molar-refractivity contribution in [2.24, 2.45) is 5.92 Å². The fourth-order valence-corrected chi connectivity index (χ4v) is 4.83. The van der Waals surface area contributed by atoms with Crippen molar-refractivity contribution >= 4 is 23.8 Å². The second kappa shape index (κ2) is 20.9. The predicted octanol–water partition coefficient (Wildman–Crippen LogP) is 5.32. The Bertz CT molecular complexity index is 2140. The van der Waals surface area contributed by atoms with Crippen molar-refractivity contribution in [1.29, 1.82) is 0 Å². The number of aromatic amines is 5. The van der Waals surface area contributed by atoms with Crippen molar-refractivity contribution in [3.8, 4) is 11.6 Å². The monoisotopic (exact) mass is 856 g/mol. The van der Waals surface area contributed by atoms with Gasteiger partial charge in [0.25, 0.3) is 17.4 Å². The maximum Gasteiger partial charge on any atom is 0.325 e. The number of urea groups is 1. The molecule has 6 heterocycles. The van der Waals surface area contributed by atoms with Gasteiger partial charge in [0.05, 0.1) is 23.6 Å². The molecule has 0 radical (unpaired) electrons. The third-order valence-corrected chi connectivity index (χ3v) is 8.38. The van der Waals surface area contributed by atoms with Gasteiger partial charge in [0.2, 0.25) is 11.8 Å². The number of carbonyl (C=O) groups is 4. The standard InChI is InChI=1S/C7H12N2O2.4C7H12N2O.C7H9NO2/c1-7(2,3)9-4-5(10)8-6(9)11;1-7(2,3)6-8-4-5(10)9-6;1-7(2,3)5-4-8-6(10)9-5;1-7(2,3)6-5(10)4-8-9-6;1-7(2,3)9-5-4-6(10)8-9;1-4(2)5-3-6(9)8-7(5)10/h4H2,1-3H3,(H,8,10,11);4,10H,1-3H3,(H,8,9);4H,1-3H3,(H2,8,9,10);4,10H,1-3H3,(H,8,9);4-5H,1-3H3,(H,8,10);3-4H,1-2H3,(H,8,9,10). The minimum absolute atomic E-state index is 0.0129. The third-order valence-electron chi connectivity index (χ3n) is 8.38. The normalized spacial score (nSPS) is 14.1. The van der Waals surface area contributed by atoms with Crippen molar-refractivity contribution in [1.82, 2.24) is 55.4 Å². The van der Waals surface area contributed by atoms with E-state index in [0.29, 0.717) is 5.57 Å². The molecule has 2 aliphatic rings. The van der Waals surface area contributed by atoms with Gasteiger partial charge in [-0.25, -0.2) is 14.6 Å². The number of nitrogens with one attached hydrogen (secondary N) is 7. The number of amides is 5. The van der Waals surface area contributed by atoms with Crippen molar-refractivity contribution in [3.63, 3.8) is 0 Å². The highest BCUT2D eigenvalue weighted by atomic mass is 16.3. The maximum absolute atomic E-state index is 11.0. The SMILES string of the molecule is CC(C)(C)N1CC(=O)NC1=O.CC(C)(C)c1[nH]ncc1O.CC(C)(C)c1c[nH]c(=O)[nH]1.CC(C)(C)c1ncc(O)[nH]1.CC(C)(C)n1ccc(=O)[nH]1.CC(C)C1=CC(=O)NC1=O. The molecule has 2 aliphatic heterocycles. The summed E-state index contributed by atoms with van der Waals surface area (Å²) in [4.78, 5) is 78.0. The van der Waals surface area contributed by atoms with Crippen LogP contribution in [0.25, 0.3) is 0 Å². The molecule has 340 valence electrons. The van der Waals surface area contributed by atoms with Crippen LogP contribution >= 0.6 is 0 Å². The first kappa shape index (κ1) is 52.9. The molecule has 1 saturated heterocycles. The van der Waals surface area contributed by atoms with E-state index in [2.05, 4.69) is 45.9 Å². The zero-order chi connectivity index (χ0) is 47.5. The van der Waals surface area contributed by atoms with Crippen molar-refractivity contribution in [2.45, 2.75) is 145 Å².